The number of furan rings is 1. The minimum Gasteiger partial charge on any atom is -0.780 e. The maximum Gasteiger partial charge on any atom is 1.00 e. The molecular weight excluding hydrogens is 269 g/mol. The Bertz CT molecular complexity index is 244. The van der Waals surface area contributed by atoms with Crippen LogP contribution >= 0.6 is 7.82 Å². The van der Waals surface area contributed by atoms with Crippen molar-refractivity contribution in [3.63, 3.8) is 0 Å². The van der Waals surface area contributed by atoms with Crippen LogP contribution in [0.2, 0.25) is 0 Å². The molecule has 0 bridgehead atoms. The molecule has 0 saturated carbocycles. The Labute approximate surface area is 165 Å². The van der Waals surface area contributed by atoms with Crippen molar-refractivity contribution in [2.75, 3.05) is 0 Å². The number of phosphoric ester groups is 1. The Morgan fingerprint density at radius 3 is 2.07 bits per heavy atom. The topological polar surface area (TPSA) is 149 Å². The second-order valence-electron chi connectivity index (χ2n) is 1.47. The molecule has 0 atom stereocenters. The van der Waals surface area contributed by atoms with Crippen molar-refractivity contribution in [2.45, 2.75) is 0 Å². The number of hydrogen-bond acceptors (Lipinski definition) is 5. The van der Waals surface area contributed by atoms with Crippen molar-refractivity contribution in [3.8, 4) is 5.95 Å². The zero-order chi connectivity index (χ0) is 7.61. The van der Waals surface area contributed by atoms with E-state index in [0.29, 0.717) is 0 Å². The number of phosphoric acid groups is 1. The van der Waals surface area contributed by atoms with E-state index in [-0.39, 0.29) is 120 Å². The molecule has 72 valence electrons. The number of hydrogen-bond donors (Lipinski definition) is 0. The molecule has 0 spiro atoms. The van der Waals surface area contributed by atoms with Crippen LogP contribution in [-0.2, 0) is 4.57 Å². The van der Waals surface area contributed by atoms with Crippen LogP contribution in [0.1, 0.15) is 0 Å². The van der Waals surface area contributed by atoms with Crippen LogP contribution in [0.3, 0.4) is 0 Å². The van der Waals surface area contributed by atoms with Crippen LogP contribution in [0.15, 0.2) is 22.8 Å². The molecule has 0 aliphatic carbocycles. The standard InChI is InChI=1S/C4H5O5P.2K.2H2O/c5-10(6,7)9-4-2-1-3-8-4;;;;/h1-3H,(H2,5,6,7);;;2*1H2/q;2*+1;;/p-2. The molecule has 0 amide bonds. The molecule has 7 nitrogen and oxygen atoms in total. The predicted molar refractivity (Wildman–Crippen MR) is 34.2 cm³/mol. The van der Waals surface area contributed by atoms with Gasteiger partial charge in [0.1, 0.15) is 7.82 Å². The Morgan fingerprint density at radius 1 is 1.29 bits per heavy atom. The smallest absolute Gasteiger partial charge is 0.780 e. The normalized spacial score (nSPS) is 8.14. The van der Waals surface area contributed by atoms with E-state index >= 15 is 0 Å². The molecule has 14 heavy (non-hydrogen) atoms. The van der Waals surface area contributed by atoms with Gasteiger partial charge in [0.15, 0.2) is 0 Å². The third kappa shape index (κ3) is 12.5. The third-order valence-electron chi connectivity index (χ3n) is 0.697. The first-order valence-electron chi connectivity index (χ1n) is 2.33. The van der Waals surface area contributed by atoms with Gasteiger partial charge in [-0.25, -0.2) is 0 Å². The van der Waals surface area contributed by atoms with E-state index in [4.69, 9.17) is 0 Å². The summed E-state index contributed by atoms with van der Waals surface area (Å²) < 4.78 is 18.1. The zero-order valence-corrected chi connectivity index (χ0v) is 14.9. The van der Waals surface area contributed by atoms with Crippen LogP contribution in [-0.4, -0.2) is 11.0 Å². The summed E-state index contributed by atoms with van der Waals surface area (Å²) in [6, 6.07) is 2.63. The van der Waals surface area contributed by atoms with Gasteiger partial charge in [-0.2, -0.15) is 0 Å². The molecule has 1 aromatic rings. The molecule has 1 aromatic heterocycles. The Hall–Kier alpha value is 2.42. The van der Waals surface area contributed by atoms with E-state index in [0.717, 1.165) is 0 Å². The average molecular weight is 276 g/mol. The van der Waals surface area contributed by atoms with Crippen molar-refractivity contribution in [1.82, 2.24) is 0 Å². The molecule has 0 unspecified atom stereocenters. The molecule has 0 saturated heterocycles. The number of rotatable bonds is 2. The molecular formula is C4H7K2O7P. The second kappa shape index (κ2) is 11.9. The Kier molecular flexibility index (Phi) is 21.5. The summed E-state index contributed by atoms with van der Waals surface area (Å²) in [6.45, 7) is 0. The first-order chi connectivity index (χ1) is 4.58. The summed E-state index contributed by atoms with van der Waals surface area (Å²) >= 11 is 0. The van der Waals surface area contributed by atoms with E-state index in [1.807, 2.05) is 0 Å². The summed E-state index contributed by atoms with van der Waals surface area (Å²) in [7, 11) is -4.95. The average Bonchev–Trinajstić information content (AvgIpc) is 2.12. The van der Waals surface area contributed by atoms with Crippen molar-refractivity contribution in [3.05, 3.63) is 18.4 Å². The summed E-state index contributed by atoms with van der Waals surface area (Å²) in [5, 5.41) is 0. The Balaban J connectivity index is -0.000000125. The van der Waals surface area contributed by atoms with Crippen molar-refractivity contribution < 1.29 is 137 Å². The van der Waals surface area contributed by atoms with Gasteiger partial charge in [-0.05, 0) is 6.07 Å². The summed E-state index contributed by atoms with van der Waals surface area (Å²) in [5.74, 6) is -0.312. The van der Waals surface area contributed by atoms with E-state index in [2.05, 4.69) is 8.94 Å². The van der Waals surface area contributed by atoms with Gasteiger partial charge in [0.2, 0.25) is 0 Å². The Morgan fingerprint density at radius 2 is 1.79 bits per heavy atom. The van der Waals surface area contributed by atoms with Crippen LogP contribution in [0.25, 0.3) is 0 Å². The maximum atomic E-state index is 9.89. The first kappa shape index (κ1) is 25.3. The summed E-state index contributed by atoms with van der Waals surface area (Å²) in [4.78, 5) is 19.8. The van der Waals surface area contributed by atoms with Gasteiger partial charge in [-0.1, -0.05) is 0 Å². The van der Waals surface area contributed by atoms with Crippen LogP contribution < -0.4 is 117 Å². The molecule has 0 radical (unpaired) electrons. The van der Waals surface area contributed by atoms with E-state index < -0.39 is 7.82 Å². The van der Waals surface area contributed by atoms with Crippen LogP contribution in [0, 0.1) is 0 Å². The maximum absolute atomic E-state index is 9.89. The molecule has 10 heteroatoms. The fourth-order valence-electron chi connectivity index (χ4n) is 0.426. The summed E-state index contributed by atoms with van der Waals surface area (Å²) in [5.41, 5.74) is 0. The van der Waals surface area contributed by atoms with Gasteiger partial charge in [-0.3, -0.25) is 0 Å². The van der Waals surface area contributed by atoms with Crippen molar-refractivity contribution >= 4 is 7.82 Å². The molecule has 0 fully saturated rings. The van der Waals surface area contributed by atoms with Gasteiger partial charge in [0, 0.05) is 6.07 Å². The molecule has 1 rings (SSSR count). The van der Waals surface area contributed by atoms with Crippen molar-refractivity contribution in [2.24, 2.45) is 0 Å². The molecule has 0 aromatic carbocycles. The second-order valence-corrected chi connectivity index (χ2v) is 2.55. The van der Waals surface area contributed by atoms with Gasteiger partial charge in [0.05, 0.1) is 6.26 Å². The first-order valence-corrected chi connectivity index (χ1v) is 3.79. The van der Waals surface area contributed by atoms with E-state index in [9.17, 15) is 14.4 Å². The SMILES string of the molecule is O.O.O=P([O-])([O-])Oc1ccco1.[K+].[K+]. The molecule has 0 aliphatic rings. The fraction of sp³-hybridized carbons (Fsp3) is 0. The minimum absolute atomic E-state index is 0. The molecule has 4 N–H and O–H groups in total. The van der Waals surface area contributed by atoms with E-state index in [1.54, 1.807) is 0 Å². The van der Waals surface area contributed by atoms with Gasteiger partial charge in [0.25, 0.3) is 5.95 Å². The van der Waals surface area contributed by atoms with Gasteiger partial charge in [-0.15, -0.1) is 0 Å². The fourth-order valence-corrected chi connectivity index (χ4v) is 0.750. The van der Waals surface area contributed by atoms with Crippen LogP contribution in [0.4, 0.5) is 0 Å². The minimum atomic E-state index is -4.95. The quantitative estimate of drug-likeness (QED) is 0.388. The summed E-state index contributed by atoms with van der Waals surface area (Å²) in [6.07, 6.45) is 1.20. The third-order valence-corrected chi connectivity index (χ3v) is 1.10. The van der Waals surface area contributed by atoms with Crippen LogP contribution in [0.5, 0.6) is 5.95 Å². The van der Waals surface area contributed by atoms with Gasteiger partial charge < -0.3 is 34.2 Å². The van der Waals surface area contributed by atoms with Crippen molar-refractivity contribution in [1.29, 1.82) is 0 Å². The monoisotopic (exact) mass is 276 g/mol. The largest absolute Gasteiger partial charge is 1.00 e. The van der Waals surface area contributed by atoms with Gasteiger partial charge >= 0.3 is 103 Å². The molecule has 0 aliphatic heterocycles. The zero-order valence-electron chi connectivity index (χ0n) is 7.72. The van der Waals surface area contributed by atoms with E-state index in [1.165, 1.54) is 18.4 Å². The molecule has 1 heterocycles. The predicted octanol–water partition coefficient (Wildman–Crippen LogP) is -8.15.